The topological polar surface area (TPSA) is 129 Å². The van der Waals surface area contributed by atoms with Gasteiger partial charge in [-0.2, -0.15) is 0 Å². The molecule has 0 heterocycles. The number of nitrogen functional groups attached to an aromatic ring is 3. The molecular weight excluding hydrogens is 318 g/mol. The highest BCUT2D eigenvalue weighted by molar-refractivity contribution is 6.32. The summed E-state index contributed by atoms with van der Waals surface area (Å²) in [6, 6.07) is 2.85. The van der Waals surface area contributed by atoms with Crippen molar-refractivity contribution in [2.24, 2.45) is 17.8 Å². The number of carbonyl (C=O) groups excluding carboxylic acids is 3. The van der Waals surface area contributed by atoms with Gasteiger partial charge in [0.05, 0.1) is 0 Å². The summed E-state index contributed by atoms with van der Waals surface area (Å²) >= 11 is 0. The monoisotopic (exact) mass is 347 g/mol. The van der Waals surface area contributed by atoms with Crippen LogP contribution in [0.4, 0.5) is 17.1 Å². The Kier molecular flexibility index (Phi) is 6.00. The molecule has 6 nitrogen and oxygen atoms in total. The lowest BCUT2D eigenvalue weighted by atomic mass is 9.62. The number of rotatable bonds is 7. The largest absolute Gasteiger partial charge is 0.399 e. The number of ketones is 3. The number of Topliss-reactive ketones (excluding diaryl/α,β-unsaturated/α-hetero) is 3. The fourth-order valence-corrected chi connectivity index (χ4v) is 3.18. The smallest absolute Gasteiger partial charge is 0.175 e. The van der Waals surface area contributed by atoms with Crippen molar-refractivity contribution >= 4 is 34.4 Å². The first-order valence-electron chi connectivity index (χ1n) is 8.46. The highest BCUT2D eigenvalue weighted by Crippen LogP contribution is 2.42. The lowest BCUT2D eigenvalue weighted by Crippen LogP contribution is -2.56. The molecule has 6 heteroatoms. The van der Waals surface area contributed by atoms with Crippen LogP contribution < -0.4 is 17.2 Å². The van der Waals surface area contributed by atoms with E-state index < -0.39 is 40.5 Å². The van der Waals surface area contributed by atoms with E-state index in [9.17, 15) is 14.4 Å². The molecule has 0 saturated heterocycles. The van der Waals surface area contributed by atoms with E-state index in [1.807, 2.05) is 0 Å². The molecule has 0 saturated carbocycles. The van der Waals surface area contributed by atoms with Gasteiger partial charge in [0.2, 0.25) is 0 Å². The van der Waals surface area contributed by atoms with Crippen LogP contribution in [-0.4, -0.2) is 17.3 Å². The number of benzene rings is 1. The van der Waals surface area contributed by atoms with Crippen LogP contribution in [0.3, 0.4) is 0 Å². The molecular formula is C19H29N3O3. The van der Waals surface area contributed by atoms with Gasteiger partial charge >= 0.3 is 0 Å². The Morgan fingerprint density at radius 2 is 1.00 bits per heavy atom. The Bertz CT molecular complexity index is 633. The molecule has 1 aromatic rings. The van der Waals surface area contributed by atoms with E-state index in [-0.39, 0.29) is 16.9 Å². The SMILES string of the molecule is CC(C)C(=O)C(C(=O)C(C)C)(C(=O)C(C)C)c1c(N)cc(N)cc1N. The molecule has 1 rings (SSSR count). The summed E-state index contributed by atoms with van der Waals surface area (Å²) in [5.74, 6) is -3.14. The van der Waals surface area contributed by atoms with E-state index in [1.54, 1.807) is 41.5 Å². The third-order valence-corrected chi connectivity index (χ3v) is 4.28. The Morgan fingerprint density at radius 1 is 0.720 bits per heavy atom. The molecule has 0 aliphatic carbocycles. The summed E-state index contributed by atoms with van der Waals surface area (Å²) in [6.07, 6.45) is 0. The zero-order valence-corrected chi connectivity index (χ0v) is 15.8. The summed E-state index contributed by atoms with van der Waals surface area (Å²) in [5.41, 5.74) is 16.5. The van der Waals surface area contributed by atoms with Gasteiger partial charge in [-0.05, 0) is 12.1 Å². The standard InChI is InChI=1S/C19H29N3O3/c1-9(2)16(23)19(17(24)10(3)4,18(25)11(5)6)15-13(21)7-12(20)8-14(15)22/h7-11H,20-22H2,1-6H3. The zero-order chi connectivity index (χ0) is 19.7. The Hall–Kier alpha value is -2.37. The second kappa shape index (κ2) is 7.25. The minimum absolute atomic E-state index is 0.0674. The fourth-order valence-electron chi connectivity index (χ4n) is 3.18. The second-order valence-electron chi connectivity index (χ2n) is 7.38. The van der Waals surface area contributed by atoms with E-state index in [0.717, 1.165) is 0 Å². The van der Waals surface area contributed by atoms with Gasteiger partial charge in [0.1, 0.15) is 0 Å². The van der Waals surface area contributed by atoms with E-state index >= 15 is 0 Å². The molecule has 6 N–H and O–H groups in total. The van der Waals surface area contributed by atoms with Gasteiger partial charge in [-0.15, -0.1) is 0 Å². The second-order valence-corrected chi connectivity index (χ2v) is 7.38. The van der Waals surface area contributed by atoms with Crippen LogP contribution in [0.1, 0.15) is 47.1 Å². The molecule has 1 aromatic carbocycles. The first kappa shape index (κ1) is 20.7. The van der Waals surface area contributed by atoms with Crippen LogP contribution in [-0.2, 0) is 19.8 Å². The van der Waals surface area contributed by atoms with Crippen LogP contribution in [0.25, 0.3) is 0 Å². The van der Waals surface area contributed by atoms with E-state index in [0.29, 0.717) is 5.69 Å². The molecule has 25 heavy (non-hydrogen) atoms. The van der Waals surface area contributed by atoms with Crippen molar-refractivity contribution in [2.75, 3.05) is 17.2 Å². The van der Waals surface area contributed by atoms with Crippen LogP contribution in [0, 0.1) is 17.8 Å². The molecule has 138 valence electrons. The molecule has 0 fully saturated rings. The summed E-state index contributed by atoms with van der Waals surface area (Å²) in [4.78, 5) is 39.8. The van der Waals surface area contributed by atoms with Crippen molar-refractivity contribution in [1.82, 2.24) is 0 Å². The third kappa shape index (κ3) is 3.38. The number of anilines is 3. The maximum Gasteiger partial charge on any atom is 0.175 e. The Balaban J connectivity index is 4.06. The molecule has 0 spiro atoms. The maximum atomic E-state index is 13.3. The van der Waals surface area contributed by atoms with Gasteiger partial charge in [-0.3, -0.25) is 14.4 Å². The third-order valence-electron chi connectivity index (χ3n) is 4.28. The van der Waals surface area contributed by atoms with Crippen molar-refractivity contribution in [3.05, 3.63) is 17.7 Å². The fraction of sp³-hybridized carbons (Fsp3) is 0.526. The molecule has 0 aliphatic heterocycles. The van der Waals surface area contributed by atoms with Crippen molar-refractivity contribution in [3.63, 3.8) is 0 Å². The van der Waals surface area contributed by atoms with Crippen LogP contribution >= 0.6 is 0 Å². The normalized spacial score (nSPS) is 12.0. The average molecular weight is 347 g/mol. The maximum absolute atomic E-state index is 13.3. The molecule has 0 bridgehead atoms. The lowest BCUT2D eigenvalue weighted by molar-refractivity contribution is -0.147. The molecule has 0 atom stereocenters. The molecule has 0 aliphatic rings. The lowest BCUT2D eigenvalue weighted by Gasteiger charge is -2.36. The van der Waals surface area contributed by atoms with Crippen LogP contribution in [0.2, 0.25) is 0 Å². The summed E-state index contributed by atoms with van der Waals surface area (Å²) in [5, 5.41) is 0. The van der Waals surface area contributed by atoms with Crippen molar-refractivity contribution in [3.8, 4) is 0 Å². The van der Waals surface area contributed by atoms with E-state index in [2.05, 4.69) is 0 Å². The van der Waals surface area contributed by atoms with Crippen molar-refractivity contribution in [2.45, 2.75) is 47.0 Å². The minimum Gasteiger partial charge on any atom is -0.399 e. The van der Waals surface area contributed by atoms with Gasteiger partial charge in [-0.1, -0.05) is 41.5 Å². The predicted octanol–water partition coefficient (Wildman–Crippen LogP) is 2.35. The number of hydrogen-bond donors (Lipinski definition) is 3. The van der Waals surface area contributed by atoms with Crippen molar-refractivity contribution < 1.29 is 14.4 Å². The van der Waals surface area contributed by atoms with Gasteiger partial charge < -0.3 is 17.2 Å². The van der Waals surface area contributed by atoms with Gasteiger partial charge in [0, 0.05) is 40.4 Å². The summed E-state index contributed by atoms with van der Waals surface area (Å²) in [6.45, 7) is 9.93. The number of hydrogen-bond acceptors (Lipinski definition) is 6. The van der Waals surface area contributed by atoms with Crippen molar-refractivity contribution in [1.29, 1.82) is 0 Å². The molecule has 0 amide bonds. The summed E-state index contributed by atoms with van der Waals surface area (Å²) < 4.78 is 0. The quantitative estimate of drug-likeness (QED) is 0.513. The van der Waals surface area contributed by atoms with E-state index in [1.165, 1.54) is 12.1 Å². The highest BCUT2D eigenvalue weighted by atomic mass is 16.2. The van der Waals surface area contributed by atoms with Crippen LogP contribution in [0.15, 0.2) is 12.1 Å². The summed E-state index contributed by atoms with van der Waals surface area (Å²) in [7, 11) is 0. The van der Waals surface area contributed by atoms with Gasteiger partial charge in [0.15, 0.2) is 22.8 Å². The zero-order valence-electron chi connectivity index (χ0n) is 15.8. The highest BCUT2D eigenvalue weighted by Gasteiger charge is 2.56. The molecule has 0 aromatic heterocycles. The number of carbonyl (C=O) groups is 3. The van der Waals surface area contributed by atoms with Gasteiger partial charge in [-0.25, -0.2) is 0 Å². The first-order valence-corrected chi connectivity index (χ1v) is 8.46. The number of nitrogens with two attached hydrogens (primary N) is 3. The van der Waals surface area contributed by atoms with Crippen LogP contribution in [0.5, 0.6) is 0 Å². The average Bonchev–Trinajstić information content (AvgIpc) is 2.48. The Morgan fingerprint density at radius 3 is 1.24 bits per heavy atom. The minimum atomic E-state index is -2.02. The Labute approximate surface area is 149 Å². The molecule has 0 unspecified atom stereocenters. The van der Waals surface area contributed by atoms with Gasteiger partial charge in [0.25, 0.3) is 0 Å². The predicted molar refractivity (Wildman–Crippen MR) is 101 cm³/mol. The first-order chi connectivity index (χ1) is 11.4. The molecule has 0 radical (unpaired) electrons. The van der Waals surface area contributed by atoms with E-state index in [4.69, 9.17) is 17.2 Å².